The van der Waals surface area contributed by atoms with Gasteiger partial charge in [-0.25, -0.2) is 0 Å². The van der Waals surface area contributed by atoms with Gasteiger partial charge in [0, 0.05) is 38.9 Å². The average molecular weight is 488 g/mol. The van der Waals surface area contributed by atoms with E-state index in [2.05, 4.69) is 20.9 Å². The third-order valence-electron chi connectivity index (χ3n) is 3.20. The summed E-state index contributed by atoms with van der Waals surface area (Å²) in [5, 5.41) is 8.74. The van der Waals surface area contributed by atoms with Crippen LogP contribution in [0.1, 0.15) is 22.8 Å². The lowest BCUT2D eigenvalue weighted by atomic mass is 10.1. The number of hydrogen-bond acceptors (Lipinski definition) is 3. The fourth-order valence-electron chi connectivity index (χ4n) is 1.99. The number of aliphatic imine (C=N–C) groups is 1. The van der Waals surface area contributed by atoms with Gasteiger partial charge in [-0.15, -0.1) is 24.0 Å². The van der Waals surface area contributed by atoms with Crippen LogP contribution in [0, 0.1) is 0 Å². The minimum Gasteiger partial charge on any atom is -0.383 e. The molecule has 148 valence electrons. The Hall–Kier alpha value is -1.56. The van der Waals surface area contributed by atoms with Crippen LogP contribution in [0.25, 0.3) is 0 Å². The molecular formula is C16H24F3IN4O2. The van der Waals surface area contributed by atoms with E-state index < -0.39 is 17.6 Å². The van der Waals surface area contributed by atoms with Gasteiger partial charge in [-0.1, -0.05) is 0 Å². The van der Waals surface area contributed by atoms with Crippen LogP contribution in [0.15, 0.2) is 29.3 Å². The topological polar surface area (TPSA) is 74.8 Å². The lowest BCUT2D eigenvalue weighted by Crippen LogP contribution is -2.46. The van der Waals surface area contributed by atoms with Crippen LogP contribution in [0.2, 0.25) is 0 Å². The van der Waals surface area contributed by atoms with Crippen molar-refractivity contribution in [3.05, 3.63) is 35.4 Å². The summed E-state index contributed by atoms with van der Waals surface area (Å²) in [6.07, 6.45) is -4.41. The summed E-state index contributed by atoms with van der Waals surface area (Å²) < 4.78 is 42.5. The molecule has 1 atom stereocenters. The fourth-order valence-corrected chi connectivity index (χ4v) is 1.99. The molecular weight excluding hydrogens is 464 g/mol. The van der Waals surface area contributed by atoms with Crippen molar-refractivity contribution in [2.75, 3.05) is 33.9 Å². The maximum absolute atomic E-state index is 12.5. The zero-order valence-corrected chi connectivity index (χ0v) is 17.1. The molecule has 0 aliphatic rings. The molecule has 1 aromatic rings. The van der Waals surface area contributed by atoms with Crippen molar-refractivity contribution < 1.29 is 22.7 Å². The van der Waals surface area contributed by atoms with Gasteiger partial charge in [-0.2, -0.15) is 13.2 Å². The highest BCUT2D eigenvalue weighted by atomic mass is 127. The van der Waals surface area contributed by atoms with Gasteiger partial charge in [-0.3, -0.25) is 9.79 Å². The predicted molar refractivity (Wildman–Crippen MR) is 105 cm³/mol. The van der Waals surface area contributed by atoms with Gasteiger partial charge in [-0.05, 0) is 31.2 Å². The molecule has 0 aliphatic heterocycles. The highest BCUT2D eigenvalue weighted by Gasteiger charge is 2.30. The first kappa shape index (κ1) is 24.4. The zero-order chi connectivity index (χ0) is 18.9. The van der Waals surface area contributed by atoms with Crippen molar-refractivity contribution in [2.45, 2.75) is 19.1 Å². The average Bonchev–Trinajstić information content (AvgIpc) is 2.57. The normalized spacial score (nSPS) is 12.8. The molecule has 0 saturated carbocycles. The Balaban J connectivity index is 0.00000625. The number of nitrogens with one attached hydrogen (secondary N) is 3. The number of alkyl halides is 3. The second-order valence-corrected chi connectivity index (χ2v) is 5.33. The van der Waals surface area contributed by atoms with E-state index in [1.807, 2.05) is 6.92 Å². The van der Waals surface area contributed by atoms with Crippen LogP contribution in [0.3, 0.4) is 0 Å². The van der Waals surface area contributed by atoms with Gasteiger partial charge < -0.3 is 20.7 Å². The molecule has 26 heavy (non-hydrogen) atoms. The van der Waals surface area contributed by atoms with E-state index in [1.54, 1.807) is 14.2 Å². The molecule has 0 radical (unpaired) electrons. The molecule has 0 spiro atoms. The van der Waals surface area contributed by atoms with E-state index in [0.717, 1.165) is 24.3 Å². The van der Waals surface area contributed by atoms with Crippen LogP contribution in [0.5, 0.6) is 0 Å². The Morgan fingerprint density at radius 3 is 2.27 bits per heavy atom. The fraction of sp³-hybridized carbons (Fsp3) is 0.500. The standard InChI is InChI=1S/C16H23F3N4O2.HI/c1-11(10-25-3)23-15(20-2)22-9-8-21-14(24)12-4-6-13(7-5-12)16(17,18)19;/h4-7,11H,8-10H2,1-3H3,(H,21,24)(H2,20,22,23);1H. The lowest BCUT2D eigenvalue weighted by molar-refractivity contribution is -0.137. The smallest absolute Gasteiger partial charge is 0.383 e. The van der Waals surface area contributed by atoms with Gasteiger partial charge in [0.25, 0.3) is 5.91 Å². The van der Waals surface area contributed by atoms with Gasteiger partial charge in [0.1, 0.15) is 0 Å². The van der Waals surface area contributed by atoms with E-state index in [0.29, 0.717) is 25.7 Å². The second kappa shape index (κ2) is 11.9. The van der Waals surface area contributed by atoms with Crippen LogP contribution < -0.4 is 16.0 Å². The van der Waals surface area contributed by atoms with Crippen LogP contribution in [-0.4, -0.2) is 51.8 Å². The number of carbonyl (C=O) groups excluding carboxylic acids is 1. The number of rotatable bonds is 7. The first-order chi connectivity index (χ1) is 11.8. The van der Waals surface area contributed by atoms with Gasteiger partial charge in [0.05, 0.1) is 12.2 Å². The molecule has 1 rings (SSSR count). The number of ether oxygens (including phenoxy) is 1. The molecule has 0 fully saturated rings. The van der Waals surface area contributed by atoms with Crippen molar-refractivity contribution in [3.63, 3.8) is 0 Å². The summed E-state index contributed by atoms with van der Waals surface area (Å²) in [5.74, 6) is 0.125. The Labute approximate surface area is 168 Å². The largest absolute Gasteiger partial charge is 0.416 e. The number of halogens is 4. The number of hydrogen-bond donors (Lipinski definition) is 3. The maximum atomic E-state index is 12.5. The Bertz CT molecular complexity index is 580. The minimum atomic E-state index is -4.41. The van der Waals surface area contributed by atoms with Gasteiger partial charge >= 0.3 is 6.18 Å². The Morgan fingerprint density at radius 2 is 1.77 bits per heavy atom. The number of benzene rings is 1. The summed E-state index contributed by atoms with van der Waals surface area (Å²) in [6.45, 7) is 3.15. The van der Waals surface area contributed by atoms with Crippen molar-refractivity contribution >= 4 is 35.8 Å². The highest BCUT2D eigenvalue weighted by molar-refractivity contribution is 14.0. The zero-order valence-electron chi connectivity index (χ0n) is 14.8. The van der Waals surface area contributed by atoms with Crippen LogP contribution in [0.4, 0.5) is 13.2 Å². The second-order valence-electron chi connectivity index (χ2n) is 5.33. The first-order valence-electron chi connectivity index (χ1n) is 7.69. The predicted octanol–water partition coefficient (Wildman–Crippen LogP) is 2.25. The summed E-state index contributed by atoms with van der Waals surface area (Å²) in [7, 11) is 3.22. The van der Waals surface area contributed by atoms with E-state index in [-0.39, 0.29) is 35.6 Å². The van der Waals surface area contributed by atoms with Crippen molar-refractivity contribution in [3.8, 4) is 0 Å². The monoisotopic (exact) mass is 488 g/mol. The van der Waals surface area contributed by atoms with Crippen molar-refractivity contribution in [1.29, 1.82) is 0 Å². The highest BCUT2D eigenvalue weighted by Crippen LogP contribution is 2.28. The lowest BCUT2D eigenvalue weighted by Gasteiger charge is -2.17. The number of amides is 1. The van der Waals surface area contributed by atoms with E-state index >= 15 is 0 Å². The Morgan fingerprint density at radius 1 is 1.19 bits per heavy atom. The third-order valence-corrected chi connectivity index (χ3v) is 3.20. The minimum absolute atomic E-state index is 0. The molecule has 3 N–H and O–H groups in total. The summed E-state index contributed by atoms with van der Waals surface area (Å²) in [5.41, 5.74) is -0.616. The van der Waals surface area contributed by atoms with Gasteiger partial charge in [0.15, 0.2) is 5.96 Å². The molecule has 1 aromatic carbocycles. The molecule has 0 aliphatic carbocycles. The quantitative estimate of drug-likeness (QED) is 0.238. The molecule has 0 saturated heterocycles. The number of guanidine groups is 1. The first-order valence-corrected chi connectivity index (χ1v) is 7.69. The third kappa shape index (κ3) is 8.70. The number of nitrogens with zero attached hydrogens (tertiary/aromatic N) is 1. The van der Waals surface area contributed by atoms with E-state index in [9.17, 15) is 18.0 Å². The maximum Gasteiger partial charge on any atom is 0.416 e. The molecule has 10 heteroatoms. The number of methoxy groups -OCH3 is 1. The van der Waals surface area contributed by atoms with Crippen LogP contribution in [-0.2, 0) is 10.9 Å². The van der Waals surface area contributed by atoms with Crippen molar-refractivity contribution in [2.24, 2.45) is 4.99 Å². The van der Waals surface area contributed by atoms with Crippen LogP contribution >= 0.6 is 24.0 Å². The summed E-state index contributed by atoms with van der Waals surface area (Å²) in [6, 6.07) is 4.14. The molecule has 1 amide bonds. The number of carbonyl (C=O) groups is 1. The van der Waals surface area contributed by atoms with Crippen molar-refractivity contribution in [1.82, 2.24) is 16.0 Å². The molecule has 0 bridgehead atoms. The van der Waals surface area contributed by atoms with E-state index in [4.69, 9.17) is 4.74 Å². The molecule has 1 unspecified atom stereocenters. The Kier molecular flexibility index (Phi) is 11.2. The molecule has 6 nitrogen and oxygen atoms in total. The van der Waals surface area contributed by atoms with Gasteiger partial charge in [0.2, 0.25) is 0 Å². The molecule has 0 heterocycles. The SMILES string of the molecule is CN=C(NCCNC(=O)c1ccc(C(F)(F)F)cc1)NC(C)COC.I. The summed E-state index contributed by atoms with van der Waals surface area (Å²) >= 11 is 0. The van der Waals surface area contributed by atoms with E-state index in [1.165, 1.54) is 0 Å². The molecule has 0 aromatic heterocycles. The summed E-state index contributed by atoms with van der Waals surface area (Å²) in [4.78, 5) is 15.9.